The molecular weight excluding hydrogens is 292 g/mol. The van der Waals surface area contributed by atoms with Gasteiger partial charge in [-0.2, -0.15) is 5.10 Å². The predicted octanol–water partition coefficient (Wildman–Crippen LogP) is 0.891. The molecule has 1 aliphatic rings. The highest BCUT2D eigenvalue weighted by Gasteiger charge is 2.34. The highest BCUT2D eigenvalue weighted by atomic mass is 16.2. The van der Waals surface area contributed by atoms with Crippen LogP contribution in [0.2, 0.25) is 0 Å². The van der Waals surface area contributed by atoms with E-state index in [4.69, 9.17) is 0 Å². The Labute approximate surface area is 135 Å². The van der Waals surface area contributed by atoms with Crippen molar-refractivity contribution >= 4 is 11.8 Å². The van der Waals surface area contributed by atoms with E-state index in [1.165, 1.54) is 0 Å². The largest absolute Gasteiger partial charge is 0.357 e. The van der Waals surface area contributed by atoms with Crippen LogP contribution in [0.1, 0.15) is 16.7 Å². The Morgan fingerprint density at radius 2 is 2.04 bits per heavy atom. The van der Waals surface area contributed by atoms with Crippen molar-refractivity contribution in [1.82, 2.24) is 20.0 Å². The van der Waals surface area contributed by atoms with Crippen molar-refractivity contribution in [3.05, 3.63) is 53.3 Å². The number of carbonyl (C=O) groups is 2. The van der Waals surface area contributed by atoms with Crippen LogP contribution in [0.25, 0.3) is 0 Å². The lowest BCUT2D eigenvalue weighted by Crippen LogP contribution is -2.52. The van der Waals surface area contributed by atoms with Gasteiger partial charge in [0.2, 0.25) is 11.8 Å². The van der Waals surface area contributed by atoms with Crippen LogP contribution in [0.15, 0.2) is 36.7 Å². The number of hydrogen-bond donors (Lipinski definition) is 1. The van der Waals surface area contributed by atoms with Gasteiger partial charge in [-0.05, 0) is 23.6 Å². The van der Waals surface area contributed by atoms with E-state index in [0.29, 0.717) is 13.0 Å². The molecule has 1 N–H and O–H groups in total. The quantitative estimate of drug-likeness (QED) is 0.915. The first-order chi connectivity index (χ1) is 11.1. The Bertz CT molecular complexity index is 738. The first-order valence-electron chi connectivity index (χ1n) is 7.65. The lowest BCUT2D eigenvalue weighted by molar-refractivity contribution is -0.142. The van der Waals surface area contributed by atoms with Crippen molar-refractivity contribution in [2.45, 2.75) is 32.5 Å². The van der Waals surface area contributed by atoms with Crippen molar-refractivity contribution in [2.75, 3.05) is 7.05 Å². The molecule has 3 rings (SSSR count). The molecule has 0 fully saturated rings. The van der Waals surface area contributed by atoms with Crippen molar-refractivity contribution in [1.29, 1.82) is 0 Å². The number of benzene rings is 1. The van der Waals surface area contributed by atoms with Crippen LogP contribution in [0.3, 0.4) is 0 Å². The van der Waals surface area contributed by atoms with Gasteiger partial charge in [0.15, 0.2) is 0 Å². The fourth-order valence-corrected chi connectivity index (χ4v) is 2.97. The third-order valence-electron chi connectivity index (χ3n) is 4.18. The van der Waals surface area contributed by atoms with Crippen molar-refractivity contribution in [2.24, 2.45) is 0 Å². The maximum Gasteiger partial charge on any atom is 0.245 e. The van der Waals surface area contributed by atoms with Gasteiger partial charge in [0.05, 0.1) is 6.20 Å². The maximum atomic E-state index is 12.7. The average molecular weight is 312 g/mol. The Balaban J connectivity index is 1.85. The minimum atomic E-state index is -0.473. The summed E-state index contributed by atoms with van der Waals surface area (Å²) in [6, 6.07) is 7.47. The molecule has 0 aliphatic carbocycles. The molecule has 2 amide bonds. The number of carbonyl (C=O) groups excluding carboxylic acids is 2. The zero-order valence-electron chi connectivity index (χ0n) is 13.3. The first-order valence-corrected chi connectivity index (χ1v) is 7.65. The smallest absolute Gasteiger partial charge is 0.245 e. The molecule has 0 saturated heterocycles. The normalized spacial score (nSPS) is 16.8. The van der Waals surface area contributed by atoms with Gasteiger partial charge in [-0.1, -0.05) is 24.3 Å². The van der Waals surface area contributed by atoms with Crippen molar-refractivity contribution in [3.63, 3.8) is 0 Å². The Morgan fingerprint density at radius 3 is 2.70 bits per heavy atom. The number of nitrogens with zero attached hydrogens (tertiary/aromatic N) is 3. The third kappa shape index (κ3) is 3.11. The predicted molar refractivity (Wildman–Crippen MR) is 85.5 cm³/mol. The molecule has 1 unspecified atom stereocenters. The van der Waals surface area contributed by atoms with E-state index in [1.807, 2.05) is 37.4 Å². The van der Waals surface area contributed by atoms with Gasteiger partial charge in [0, 0.05) is 26.2 Å². The summed E-state index contributed by atoms with van der Waals surface area (Å²) in [4.78, 5) is 26.6. The summed E-state index contributed by atoms with van der Waals surface area (Å²) in [6.45, 7) is 2.52. The van der Waals surface area contributed by atoms with Crippen molar-refractivity contribution in [3.8, 4) is 0 Å². The van der Waals surface area contributed by atoms with E-state index in [-0.39, 0.29) is 18.4 Å². The number of rotatable bonds is 3. The van der Waals surface area contributed by atoms with Gasteiger partial charge >= 0.3 is 0 Å². The fraction of sp³-hybridized carbons (Fsp3) is 0.353. The maximum absolute atomic E-state index is 12.7. The molecule has 6 nitrogen and oxygen atoms in total. The summed E-state index contributed by atoms with van der Waals surface area (Å²) in [6.07, 6.45) is 4.08. The molecule has 1 aromatic carbocycles. The lowest BCUT2D eigenvalue weighted by Gasteiger charge is -2.35. The Hall–Kier alpha value is -2.63. The molecular formula is C17H20N4O2. The number of aromatic nitrogens is 2. The van der Waals surface area contributed by atoms with Gasteiger partial charge in [-0.15, -0.1) is 0 Å². The summed E-state index contributed by atoms with van der Waals surface area (Å²) in [5.74, 6) is -0.235. The summed E-state index contributed by atoms with van der Waals surface area (Å²) in [7, 11) is 1.60. The second-order valence-corrected chi connectivity index (χ2v) is 5.84. The second kappa shape index (κ2) is 6.24. The van der Waals surface area contributed by atoms with Crippen LogP contribution in [-0.2, 0) is 29.1 Å². The number of hydrogen-bond acceptors (Lipinski definition) is 3. The zero-order chi connectivity index (χ0) is 16.4. The molecule has 0 saturated carbocycles. The lowest BCUT2D eigenvalue weighted by atomic mass is 9.93. The minimum Gasteiger partial charge on any atom is -0.357 e. The summed E-state index contributed by atoms with van der Waals surface area (Å²) in [5, 5.41) is 6.82. The molecule has 2 heterocycles. The van der Waals surface area contributed by atoms with E-state index in [9.17, 15) is 9.59 Å². The minimum absolute atomic E-state index is 0.101. The molecule has 2 aromatic rings. The highest BCUT2D eigenvalue weighted by molar-refractivity contribution is 5.88. The molecule has 1 atom stereocenters. The van der Waals surface area contributed by atoms with Gasteiger partial charge in [-0.3, -0.25) is 14.3 Å². The van der Waals surface area contributed by atoms with Crippen LogP contribution in [-0.4, -0.2) is 39.6 Å². The second-order valence-electron chi connectivity index (χ2n) is 5.84. The molecule has 6 heteroatoms. The van der Waals surface area contributed by atoms with Crippen LogP contribution < -0.4 is 5.32 Å². The SMILES string of the molecule is CNC(=O)C1Cc2ccccc2CN1C(=O)Cn1cc(C)cn1. The van der Waals surface area contributed by atoms with Crippen LogP contribution >= 0.6 is 0 Å². The molecule has 1 aromatic heterocycles. The summed E-state index contributed by atoms with van der Waals surface area (Å²) >= 11 is 0. The third-order valence-corrected chi connectivity index (χ3v) is 4.18. The van der Waals surface area contributed by atoms with E-state index in [0.717, 1.165) is 16.7 Å². The number of amides is 2. The molecule has 1 aliphatic heterocycles. The Kier molecular flexibility index (Phi) is 4.14. The zero-order valence-corrected chi connectivity index (χ0v) is 13.3. The van der Waals surface area contributed by atoms with Gasteiger partial charge in [0.25, 0.3) is 0 Å². The number of nitrogens with one attached hydrogen (secondary N) is 1. The number of likely N-dealkylation sites (N-methyl/N-ethyl adjacent to an activating group) is 1. The van der Waals surface area contributed by atoms with E-state index in [2.05, 4.69) is 10.4 Å². The number of fused-ring (bicyclic) bond motifs is 1. The monoisotopic (exact) mass is 312 g/mol. The molecule has 0 radical (unpaired) electrons. The summed E-state index contributed by atoms with van der Waals surface area (Å²) < 4.78 is 1.61. The topological polar surface area (TPSA) is 67.2 Å². The Morgan fingerprint density at radius 1 is 1.30 bits per heavy atom. The first kappa shape index (κ1) is 15.3. The molecule has 0 spiro atoms. The summed E-state index contributed by atoms with van der Waals surface area (Å²) in [5.41, 5.74) is 3.22. The average Bonchev–Trinajstić information content (AvgIpc) is 2.97. The standard InChI is InChI=1S/C17H20N4O2/c1-12-8-19-20(9-12)11-16(22)21-10-14-6-4-3-5-13(14)7-15(21)17(23)18-2/h3-6,8-9,15H,7,10-11H2,1-2H3,(H,18,23). The molecule has 120 valence electrons. The highest BCUT2D eigenvalue weighted by Crippen LogP contribution is 2.23. The molecule has 0 bridgehead atoms. The van der Waals surface area contributed by atoms with Crippen LogP contribution in [0, 0.1) is 6.92 Å². The van der Waals surface area contributed by atoms with E-state index in [1.54, 1.807) is 22.8 Å². The fourth-order valence-electron chi connectivity index (χ4n) is 2.97. The van der Waals surface area contributed by atoms with E-state index < -0.39 is 6.04 Å². The van der Waals surface area contributed by atoms with Crippen molar-refractivity contribution < 1.29 is 9.59 Å². The van der Waals surface area contributed by atoms with Gasteiger partial charge in [-0.25, -0.2) is 0 Å². The van der Waals surface area contributed by atoms with E-state index >= 15 is 0 Å². The van der Waals surface area contributed by atoms with Crippen LogP contribution in [0.5, 0.6) is 0 Å². The number of aryl methyl sites for hydroxylation is 1. The van der Waals surface area contributed by atoms with Gasteiger partial charge in [0.1, 0.15) is 12.6 Å². The van der Waals surface area contributed by atoms with Gasteiger partial charge < -0.3 is 10.2 Å². The molecule has 23 heavy (non-hydrogen) atoms. The van der Waals surface area contributed by atoms with Crippen LogP contribution in [0.4, 0.5) is 0 Å².